The first-order chi connectivity index (χ1) is 12.3. The van der Waals surface area contributed by atoms with Crippen molar-refractivity contribution in [3.8, 4) is 5.82 Å². The fraction of sp³-hybridized carbons (Fsp3) is 0.333. The van der Waals surface area contributed by atoms with E-state index in [0.29, 0.717) is 12.4 Å². The van der Waals surface area contributed by atoms with Gasteiger partial charge in [0.05, 0.1) is 5.92 Å². The fourth-order valence-corrected chi connectivity index (χ4v) is 2.92. The molecule has 0 saturated carbocycles. The normalized spacial score (nSPS) is 17.4. The van der Waals surface area contributed by atoms with Crippen molar-refractivity contribution in [3.63, 3.8) is 0 Å². The Balaban J connectivity index is 1.48. The summed E-state index contributed by atoms with van der Waals surface area (Å²) in [6.45, 7) is 1.45. The van der Waals surface area contributed by atoms with Crippen LogP contribution in [0.1, 0.15) is 12.8 Å². The van der Waals surface area contributed by atoms with E-state index in [-0.39, 0.29) is 11.8 Å². The number of piperidine rings is 1. The highest BCUT2D eigenvalue weighted by atomic mass is 16.2. The van der Waals surface area contributed by atoms with Crippen LogP contribution < -0.4 is 10.3 Å². The molecule has 1 amide bonds. The van der Waals surface area contributed by atoms with Crippen molar-refractivity contribution < 1.29 is 4.79 Å². The van der Waals surface area contributed by atoms with E-state index >= 15 is 0 Å². The van der Waals surface area contributed by atoms with Crippen LogP contribution in [0.3, 0.4) is 0 Å². The molecule has 10 heteroatoms. The van der Waals surface area contributed by atoms with Crippen LogP contribution in [0.2, 0.25) is 0 Å². The van der Waals surface area contributed by atoms with Crippen molar-refractivity contribution in [1.82, 2.24) is 34.6 Å². The highest BCUT2D eigenvalue weighted by Gasteiger charge is 2.27. The molecule has 1 N–H and O–H groups in total. The van der Waals surface area contributed by atoms with Gasteiger partial charge in [-0.3, -0.25) is 10.2 Å². The number of amides is 1. The molecule has 0 aromatic carbocycles. The van der Waals surface area contributed by atoms with E-state index in [4.69, 9.17) is 0 Å². The highest BCUT2D eigenvalue weighted by Crippen LogP contribution is 2.22. The maximum Gasteiger partial charge on any atom is 0.243 e. The van der Waals surface area contributed by atoms with Crippen molar-refractivity contribution in [2.75, 3.05) is 23.4 Å². The van der Waals surface area contributed by atoms with E-state index in [0.717, 1.165) is 25.2 Å². The molecular formula is C15H17N9O. The van der Waals surface area contributed by atoms with Crippen LogP contribution in [0.4, 0.5) is 5.82 Å². The van der Waals surface area contributed by atoms with Crippen LogP contribution in [0.5, 0.6) is 0 Å². The zero-order valence-electron chi connectivity index (χ0n) is 13.4. The van der Waals surface area contributed by atoms with Crippen LogP contribution in [-0.4, -0.2) is 53.6 Å². The number of hydrogen-bond acceptors (Lipinski definition) is 7. The van der Waals surface area contributed by atoms with Gasteiger partial charge in [0.1, 0.15) is 24.8 Å². The van der Waals surface area contributed by atoms with Crippen molar-refractivity contribution >= 4 is 11.7 Å². The molecule has 1 atom stereocenters. The molecule has 10 nitrogen and oxygen atoms in total. The summed E-state index contributed by atoms with van der Waals surface area (Å²) in [5.41, 5.74) is 2.78. The SMILES string of the molecule is O=C(Nn1cnnc1)[C@@H]1CCCN(c2cc(-n3cccn3)ncn2)C1. The summed E-state index contributed by atoms with van der Waals surface area (Å²) in [6.07, 6.45) is 9.72. The van der Waals surface area contributed by atoms with E-state index in [1.165, 1.54) is 23.7 Å². The van der Waals surface area contributed by atoms with Crippen molar-refractivity contribution in [2.24, 2.45) is 5.92 Å². The van der Waals surface area contributed by atoms with Crippen LogP contribution in [0, 0.1) is 5.92 Å². The minimum Gasteiger partial charge on any atom is -0.356 e. The fourth-order valence-electron chi connectivity index (χ4n) is 2.92. The Morgan fingerprint density at radius 1 is 1.20 bits per heavy atom. The number of rotatable bonds is 4. The predicted molar refractivity (Wildman–Crippen MR) is 88.5 cm³/mol. The van der Waals surface area contributed by atoms with E-state index in [1.807, 2.05) is 18.3 Å². The number of nitrogens with one attached hydrogen (secondary N) is 1. The number of anilines is 1. The van der Waals surface area contributed by atoms with E-state index < -0.39 is 0 Å². The second-order valence-corrected chi connectivity index (χ2v) is 5.82. The molecule has 1 aliphatic heterocycles. The lowest BCUT2D eigenvalue weighted by Gasteiger charge is -2.32. The number of hydrogen-bond donors (Lipinski definition) is 1. The summed E-state index contributed by atoms with van der Waals surface area (Å²) in [6, 6.07) is 3.72. The van der Waals surface area contributed by atoms with Gasteiger partial charge in [0, 0.05) is 31.5 Å². The first kappa shape index (κ1) is 15.2. The molecule has 1 aliphatic rings. The van der Waals surface area contributed by atoms with Crippen LogP contribution in [-0.2, 0) is 4.79 Å². The Bertz CT molecular complexity index is 831. The first-order valence-corrected chi connectivity index (χ1v) is 8.02. The number of nitrogens with zero attached hydrogens (tertiary/aromatic N) is 8. The monoisotopic (exact) mass is 339 g/mol. The van der Waals surface area contributed by atoms with Crippen molar-refractivity contribution in [3.05, 3.63) is 43.5 Å². The topological polar surface area (TPSA) is 107 Å². The lowest BCUT2D eigenvalue weighted by Crippen LogP contribution is -2.42. The third kappa shape index (κ3) is 3.32. The Hall–Kier alpha value is -3.30. The maximum atomic E-state index is 12.4. The van der Waals surface area contributed by atoms with Gasteiger partial charge >= 0.3 is 0 Å². The smallest absolute Gasteiger partial charge is 0.243 e. The molecule has 0 unspecified atom stereocenters. The van der Waals surface area contributed by atoms with E-state index in [2.05, 4.69) is 35.6 Å². The minimum atomic E-state index is -0.126. The predicted octanol–water partition coefficient (Wildman–Crippen LogP) is 0.240. The van der Waals surface area contributed by atoms with Crippen LogP contribution in [0.25, 0.3) is 5.82 Å². The molecule has 1 fully saturated rings. The average Bonchev–Trinajstić information content (AvgIpc) is 3.36. The third-order valence-corrected chi connectivity index (χ3v) is 4.15. The second kappa shape index (κ2) is 6.67. The Labute approximate surface area is 143 Å². The molecule has 0 aliphatic carbocycles. The second-order valence-electron chi connectivity index (χ2n) is 5.82. The Morgan fingerprint density at radius 2 is 2.04 bits per heavy atom. The molecule has 4 rings (SSSR count). The molecule has 0 spiro atoms. The lowest BCUT2D eigenvalue weighted by atomic mass is 9.97. The standard InChI is InChI=1S/C15H17N9O/c25-15(21-23-10-18-19-11-23)12-3-1-5-22(8-12)13-7-14(17-9-16-13)24-6-2-4-20-24/h2,4,6-7,9-12H,1,3,5,8H2,(H,21,25)/t12-/m1/s1. The van der Waals surface area contributed by atoms with Gasteiger partial charge in [-0.15, -0.1) is 10.2 Å². The summed E-state index contributed by atoms with van der Waals surface area (Å²) in [7, 11) is 0. The molecule has 3 aromatic heterocycles. The summed E-state index contributed by atoms with van der Waals surface area (Å²) in [5.74, 6) is 1.32. The van der Waals surface area contributed by atoms with Gasteiger partial charge in [0.15, 0.2) is 5.82 Å². The minimum absolute atomic E-state index is 0.0501. The van der Waals surface area contributed by atoms with Gasteiger partial charge in [0.2, 0.25) is 5.91 Å². The van der Waals surface area contributed by atoms with Gasteiger partial charge in [-0.2, -0.15) is 5.10 Å². The zero-order chi connectivity index (χ0) is 17.1. The maximum absolute atomic E-state index is 12.4. The summed E-state index contributed by atoms with van der Waals surface area (Å²) < 4.78 is 3.15. The summed E-state index contributed by atoms with van der Waals surface area (Å²) in [4.78, 5) is 23.1. The van der Waals surface area contributed by atoms with Crippen LogP contribution >= 0.6 is 0 Å². The van der Waals surface area contributed by atoms with Crippen molar-refractivity contribution in [1.29, 1.82) is 0 Å². The van der Waals surface area contributed by atoms with E-state index in [9.17, 15) is 4.79 Å². The number of aromatic nitrogens is 7. The molecule has 0 radical (unpaired) electrons. The Morgan fingerprint density at radius 3 is 2.84 bits per heavy atom. The van der Waals surface area contributed by atoms with E-state index in [1.54, 1.807) is 10.9 Å². The zero-order valence-corrected chi connectivity index (χ0v) is 13.4. The molecule has 3 aromatic rings. The number of carbonyl (C=O) groups is 1. The summed E-state index contributed by atoms with van der Waals surface area (Å²) in [5, 5.41) is 11.5. The van der Waals surface area contributed by atoms with Gasteiger partial charge in [-0.05, 0) is 18.9 Å². The number of carbonyl (C=O) groups excluding carboxylic acids is 1. The lowest BCUT2D eigenvalue weighted by molar-refractivity contribution is -0.121. The molecule has 128 valence electrons. The molecular weight excluding hydrogens is 322 g/mol. The van der Waals surface area contributed by atoms with Gasteiger partial charge in [-0.25, -0.2) is 19.3 Å². The largest absolute Gasteiger partial charge is 0.356 e. The van der Waals surface area contributed by atoms with Gasteiger partial charge in [0.25, 0.3) is 0 Å². The molecule has 4 heterocycles. The first-order valence-electron chi connectivity index (χ1n) is 8.02. The van der Waals surface area contributed by atoms with Gasteiger partial charge < -0.3 is 4.90 Å². The molecule has 0 bridgehead atoms. The summed E-state index contributed by atoms with van der Waals surface area (Å²) >= 11 is 0. The van der Waals surface area contributed by atoms with Crippen LogP contribution in [0.15, 0.2) is 43.5 Å². The highest BCUT2D eigenvalue weighted by molar-refractivity contribution is 5.86. The van der Waals surface area contributed by atoms with Crippen molar-refractivity contribution in [2.45, 2.75) is 12.8 Å². The van der Waals surface area contributed by atoms with Gasteiger partial charge in [-0.1, -0.05) is 0 Å². The molecule has 1 saturated heterocycles. The average molecular weight is 339 g/mol. The Kier molecular flexibility index (Phi) is 4.07. The quantitative estimate of drug-likeness (QED) is 0.725. The molecule has 25 heavy (non-hydrogen) atoms. The third-order valence-electron chi connectivity index (χ3n) is 4.15.